The van der Waals surface area contributed by atoms with E-state index in [-0.39, 0.29) is 10.9 Å². The van der Waals surface area contributed by atoms with E-state index in [2.05, 4.69) is 10.0 Å². The van der Waals surface area contributed by atoms with Crippen LogP contribution < -0.4 is 15.8 Å². The second-order valence-corrected chi connectivity index (χ2v) is 5.74. The standard InChI is InChI=1S/C11H19N3O2S/c1-9(7-8-12)14-10-3-5-11(6-4-10)17(15,16)13-2/h3-6,9,13-14H,7-8,12H2,1-2H3. The lowest BCUT2D eigenvalue weighted by atomic mass is 10.2. The number of hydrogen-bond donors (Lipinski definition) is 3. The molecule has 0 fully saturated rings. The first kappa shape index (κ1) is 14.0. The molecule has 0 aromatic heterocycles. The minimum atomic E-state index is -3.35. The zero-order valence-electron chi connectivity index (χ0n) is 10.1. The molecule has 0 saturated carbocycles. The van der Waals surface area contributed by atoms with E-state index in [0.29, 0.717) is 6.54 Å². The van der Waals surface area contributed by atoms with Gasteiger partial charge in [0.1, 0.15) is 0 Å². The minimum Gasteiger partial charge on any atom is -0.383 e. The van der Waals surface area contributed by atoms with Crippen molar-refractivity contribution in [3.8, 4) is 0 Å². The third-order valence-corrected chi connectivity index (χ3v) is 3.88. The van der Waals surface area contributed by atoms with Gasteiger partial charge in [0.2, 0.25) is 10.0 Å². The monoisotopic (exact) mass is 257 g/mol. The lowest BCUT2D eigenvalue weighted by molar-refractivity contribution is 0.588. The Morgan fingerprint density at radius 3 is 2.35 bits per heavy atom. The number of benzene rings is 1. The second-order valence-electron chi connectivity index (χ2n) is 3.85. The summed E-state index contributed by atoms with van der Waals surface area (Å²) in [6.07, 6.45) is 0.872. The van der Waals surface area contributed by atoms with Crippen LogP contribution in [0.1, 0.15) is 13.3 Å². The van der Waals surface area contributed by atoms with Crippen LogP contribution in [0, 0.1) is 0 Å². The Kier molecular flexibility index (Phi) is 4.92. The van der Waals surface area contributed by atoms with Gasteiger partial charge in [0.25, 0.3) is 0 Å². The Bertz CT molecular complexity index is 442. The largest absolute Gasteiger partial charge is 0.383 e. The summed E-state index contributed by atoms with van der Waals surface area (Å²) in [4.78, 5) is 0.261. The van der Waals surface area contributed by atoms with Crippen molar-refractivity contribution in [1.82, 2.24) is 4.72 Å². The molecule has 0 heterocycles. The van der Waals surface area contributed by atoms with Crippen LogP contribution in [0.3, 0.4) is 0 Å². The molecule has 6 heteroatoms. The molecule has 1 rings (SSSR count). The summed E-state index contributed by atoms with van der Waals surface area (Å²) in [6, 6.07) is 6.91. The van der Waals surface area contributed by atoms with Gasteiger partial charge in [0.15, 0.2) is 0 Å². The van der Waals surface area contributed by atoms with Crippen LogP contribution in [0.25, 0.3) is 0 Å². The maximum atomic E-state index is 11.5. The number of nitrogens with one attached hydrogen (secondary N) is 2. The quantitative estimate of drug-likeness (QED) is 0.702. The highest BCUT2D eigenvalue weighted by atomic mass is 32.2. The van der Waals surface area contributed by atoms with Crippen LogP contribution in [0.4, 0.5) is 5.69 Å². The molecule has 0 aliphatic rings. The zero-order chi connectivity index (χ0) is 12.9. The van der Waals surface area contributed by atoms with Crippen LogP contribution in [0.2, 0.25) is 0 Å². The molecule has 4 N–H and O–H groups in total. The van der Waals surface area contributed by atoms with Crippen molar-refractivity contribution >= 4 is 15.7 Å². The van der Waals surface area contributed by atoms with Gasteiger partial charge in [-0.1, -0.05) is 0 Å². The van der Waals surface area contributed by atoms with E-state index in [0.717, 1.165) is 12.1 Å². The molecule has 0 amide bonds. The van der Waals surface area contributed by atoms with Gasteiger partial charge in [-0.2, -0.15) is 0 Å². The molecule has 0 aliphatic carbocycles. The second kappa shape index (κ2) is 6.00. The predicted octanol–water partition coefficient (Wildman–Crippen LogP) is 0.744. The van der Waals surface area contributed by atoms with Crippen molar-refractivity contribution in [2.45, 2.75) is 24.3 Å². The SMILES string of the molecule is CNS(=O)(=O)c1ccc(NC(C)CCN)cc1. The topological polar surface area (TPSA) is 84.2 Å². The molecule has 96 valence electrons. The van der Waals surface area contributed by atoms with Gasteiger partial charge in [0.05, 0.1) is 4.90 Å². The average Bonchev–Trinajstić information content (AvgIpc) is 2.30. The molecule has 0 bridgehead atoms. The highest BCUT2D eigenvalue weighted by Gasteiger charge is 2.10. The molecule has 5 nitrogen and oxygen atoms in total. The van der Waals surface area contributed by atoms with E-state index < -0.39 is 10.0 Å². The Morgan fingerprint density at radius 1 is 1.29 bits per heavy atom. The van der Waals surface area contributed by atoms with Crippen LogP contribution in [0.15, 0.2) is 29.2 Å². The van der Waals surface area contributed by atoms with E-state index in [1.54, 1.807) is 24.3 Å². The number of sulfonamides is 1. The first-order valence-corrected chi connectivity index (χ1v) is 6.98. The van der Waals surface area contributed by atoms with Gasteiger partial charge < -0.3 is 11.1 Å². The summed E-state index contributed by atoms with van der Waals surface area (Å²) in [5.41, 5.74) is 6.34. The number of nitrogens with two attached hydrogens (primary N) is 1. The fourth-order valence-corrected chi connectivity index (χ4v) is 2.18. The van der Waals surface area contributed by atoms with Gasteiger partial charge in [0, 0.05) is 11.7 Å². The lowest BCUT2D eigenvalue weighted by Gasteiger charge is -2.14. The maximum Gasteiger partial charge on any atom is 0.240 e. The summed E-state index contributed by atoms with van der Waals surface area (Å²) in [7, 11) is -1.96. The Labute approximate surface area is 102 Å². The third-order valence-electron chi connectivity index (χ3n) is 2.45. The van der Waals surface area contributed by atoms with Gasteiger partial charge in [-0.3, -0.25) is 0 Å². The Hall–Kier alpha value is -1.11. The zero-order valence-corrected chi connectivity index (χ0v) is 10.9. The summed E-state index contributed by atoms with van der Waals surface area (Å²) >= 11 is 0. The van der Waals surface area contributed by atoms with E-state index in [4.69, 9.17) is 5.73 Å². The van der Waals surface area contributed by atoms with Crippen LogP contribution in [0.5, 0.6) is 0 Å². The van der Waals surface area contributed by atoms with Gasteiger partial charge in [-0.15, -0.1) is 0 Å². The number of rotatable bonds is 6. The molecule has 1 aromatic carbocycles. The van der Waals surface area contributed by atoms with Crippen molar-refractivity contribution in [2.24, 2.45) is 5.73 Å². The van der Waals surface area contributed by atoms with Gasteiger partial charge in [-0.25, -0.2) is 13.1 Å². The molecule has 17 heavy (non-hydrogen) atoms. The molecule has 0 radical (unpaired) electrons. The maximum absolute atomic E-state index is 11.5. The van der Waals surface area contributed by atoms with Crippen molar-refractivity contribution in [3.63, 3.8) is 0 Å². The molecule has 0 saturated heterocycles. The van der Waals surface area contributed by atoms with Crippen molar-refractivity contribution in [1.29, 1.82) is 0 Å². The van der Waals surface area contributed by atoms with E-state index in [1.807, 2.05) is 6.92 Å². The molecular weight excluding hydrogens is 238 g/mol. The fraction of sp³-hybridized carbons (Fsp3) is 0.455. The van der Waals surface area contributed by atoms with Gasteiger partial charge in [-0.05, 0) is 51.2 Å². The van der Waals surface area contributed by atoms with Crippen LogP contribution >= 0.6 is 0 Å². The normalized spacial score (nSPS) is 13.4. The Morgan fingerprint density at radius 2 is 1.88 bits per heavy atom. The molecule has 1 aromatic rings. The van der Waals surface area contributed by atoms with E-state index in [9.17, 15) is 8.42 Å². The van der Waals surface area contributed by atoms with Crippen LogP contribution in [-0.2, 0) is 10.0 Å². The molecule has 0 aliphatic heterocycles. The highest BCUT2D eigenvalue weighted by molar-refractivity contribution is 7.89. The van der Waals surface area contributed by atoms with E-state index >= 15 is 0 Å². The molecular formula is C11H19N3O2S. The predicted molar refractivity (Wildman–Crippen MR) is 69.4 cm³/mol. The summed E-state index contributed by atoms with van der Waals surface area (Å²) in [5, 5.41) is 3.24. The van der Waals surface area contributed by atoms with E-state index in [1.165, 1.54) is 7.05 Å². The summed E-state index contributed by atoms with van der Waals surface area (Å²) in [5.74, 6) is 0. The van der Waals surface area contributed by atoms with Crippen molar-refractivity contribution in [2.75, 3.05) is 18.9 Å². The molecule has 0 spiro atoms. The molecule has 1 atom stereocenters. The number of hydrogen-bond acceptors (Lipinski definition) is 4. The lowest BCUT2D eigenvalue weighted by Crippen LogP contribution is -2.20. The van der Waals surface area contributed by atoms with Gasteiger partial charge >= 0.3 is 0 Å². The fourth-order valence-electron chi connectivity index (χ4n) is 1.45. The summed E-state index contributed by atoms with van der Waals surface area (Å²) < 4.78 is 25.3. The third kappa shape index (κ3) is 3.99. The van der Waals surface area contributed by atoms with Crippen LogP contribution in [-0.4, -0.2) is 28.1 Å². The first-order valence-electron chi connectivity index (χ1n) is 5.50. The minimum absolute atomic E-state index is 0.261. The first-order chi connectivity index (χ1) is 7.99. The number of anilines is 1. The summed E-state index contributed by atoms with van der Waals surface area (Å²) in [6.45, 7) is 2.66. The highest BCUT2D eigenvalue weighted by Crippen LogP contribution is 2.14. The van der Waals surface area contributed by atoms with Crippen molar-refractivity contribution < 1.29 is 8.42 Å². The Balaban J connectivity index is 2.75. The smallest absolute Gasteiger partial charge is 0.240 e. The molecule has 1 unspecified atom stereocenters. The van der Waals surface area contributed by atoms with Crippen molar-refractivity contribution in [3.05, 3.63) is 24.3 Å². The average molecular weight is 257 g/mol.